The number of fused-ring (bicyclic) bond motifs is 1. The molecule has 1 aromatic heterocycles. The standard InChI is InChI=1S/C17H17N3O2/c1-2-5-15(21)20-11-13-10-12-6-3-7-14(16(12)22-13)17-18-8-4-9-19-17/h2-4,6-9,13H,1,5,10-11H2,(H,20,21)/t13-/m0/s1. The van der Waals surface area contributed by atoms with E-state index in [1.807, 2.05) is 18.2 Å². The smallest absolute Gasteiger partial charge is 0.223 e. The van der Waals surface area contributed by atoms with Crippen LogP contribution in [0, 0.1) is 0 Å². The van der Waals surface area contributed by atoms with Crippen LogP contribution >= 0.6 is 0 Å². The molecule has 2 heterocycles. The summed E-state index contributed by atoms with van der Waals surface area (Å²) in [5.41, 5.74) is 2.01. The second-order valence-electron chi connectivity index (χ2n) is 5.11. The van der Waals surface area contributed by atoms with Gasteiger partial charge in [-0.15, -0.1) is 6.58 Å². The maximum absolute atomic E-state index is 11.5. The lowest BCUT2D eigenvalue weighted by molar-refractivity contribution is -0.120. The summed E-state index contributed by atoms with van der Waals surface area (Å²) in [5.74, 6) is 1.42. The first-order valence-corrected chi connectivity index (χ1v) is 7.21. The van der Waals surface area contributed by atoms with Crippen molar-refractivity contribution in [3.8, 4) is 17.1 Å². The third-order valence-corrected chi connectivity index (χ3v) is 3.49. The zero-order chi connectivity index (χ0) is 15.4. The summed E-state index contributed by atoms with van der Waals surface area (Å²) < 4.78 is 6.00. The van der Waals surface area contributed by atoms with Crippen molar-refractivity contribution in [2.45, 2.75) is 18.9 Å². The third-order valence-electron chi connectivity index (χ3n) is 3.49. The minimum Gasteiger partial charge on any atom is -0.487 e. The first-order valence-electron chi connectivity index (χ1n) is 7.21. The topological polar surface area (TPSA) is 64.1 Å². The van der Waals surface area contributed by atoms with Gasteiger partial charge >= 0.3 is 0 Å². The van der Waals surface area contributed by atoms with E-state index in [1.54, 1.807) is 24.5 Å². The van der Waals surface area contributed by atoms with Gasteiger partial charge in [-0.2, -0.15) is 0 Å². The lowest BCUT2D eigenvalue weighted by Gasteiger charge is -2.12. The Morgan fingerprint density at radius 1 is 1.36 bits per heavy atom. The summed E-state index contributed by atoms with van der Waals surface area (Å²) >= 11 is 0. The molecule has 0 spiro atoms. The molecule has 3 rings (SSSR count). The third kappa shape index (κ3) is 2.98. The average molecular weight is 295 g/mol. The van der Waals surface area contributed by atoms with Crippen molar-refractivity contribution >= 4 is 5.91 Å². The molecule has 0 radical (unpaired) electrons. The van der Waals surface area contributed by atoms with E-state index in [2.05, 4.69) is 21.9 Å². The van der Waals surface area contributed by atoms with Crippen molar-refractivity contribution in [2.75, 3.05) is 6.54 Å². The minimum atomic E-state index is -0.0615. The first-order chi connectivity index (χ1) is 10.8. The molecule has 0 saturated carbocycles. The van der Waals surface area contributed by atoms with Crippen LogP contribution in [-0.2, 0) is 11.2 Å². The van der Waals surface area contributed by atoms with Crippen molar-refractivity contribution in [3.63, 3.8) is 0 Å². The van der Waals surface area contributed by atoms with Crippen LogP contribution in [-0.4, -0.2) is 28.5 Å². The van der Waals surface area contributed by atoms with Crippen LogP contribution < -0.4 is 10.1 Å². The molecule has 0 fully saturated rings. The van der Waals surface area contributed by atoms with E-state index in [0.29, 0.717) is 18.8 Å². The van der Waals surface area contributed by atoms with Crippen molar-refractivity contribution in [3.05, 3.63) is 54.9 Å². The normalized spacial score (nSPS) is 15.7. The van der Waals surface area contributed by atoms with Crippen LogP contribution in [0.1, 0.15) is 12.0 Å². The van der Waals surface area contributed by atoms with Gasteiger partial charge in [0.2, 0.25) is 5.91 Å². The van der Waals surface area contributed by atoms with Gasteiger partial charge in [0.1, 0.15) is 11.9 Å². The van der Waals surface area contributed by atoms with Crippen LogP contribution in [0.5, 0.6) is 5.75 Å². The van der Waals surface area contributed by atoms with Gasteiger partial charge in [-0.05, 0) is 17.7 Å². The predicted molar refractivity (Wildman–Crippen MR) is 83.4 cm³/mol. The molecule has 1 atom stereocenters. The maximum Gasteiger partial charge on any atom is 0.223 e. The fourth-order valence-electron chi connectivity index (χ4n) is 2.50. The number of rotatable bonds is 5. The number of aromatic nitrogens is 2. The Kier molecular flexibility index (Phi) is 4.14. The van der Waals surface area contributed by atoms with E-state index in [9.17, 15) is 4.79 Å². The molecular weight excluding hydrogens is 278 g/mol. The van der Waals surface area contributed by atoms with Crippen LogP contribution in [0.4, 0.5) is 0 Å². The molecule has 5 heteroatoms. The van der Waals surface area contributed by atoms with Gasteiger partial charge in [-0.3, -0.25) is 4.79 Å². The van der Waals surface area contributed by atoms with E-state index in [4.69, 9.17) is 4.74 Å². The van der Waals surface area contributed by atoms with E-state index >= 15 is 0 Å². The molecule has 22 heavy (non-hydrogen) atoms. The monoisotopic (exact) mass is 295 g/mol. The number of ether oxygens (including phenoxy) is 1. The number of nitrogens with one attached hydrogen (secondary N) is 1. The number of benzene rings is 1. The van der Waals surface area contributed by atoms with Crippen molar-refractivity contribution in [1.82, 2.24) is 15.3 Å². The molecule has 0 unspecified atom stereocenters. The van der Waals surface area contributed by atoms with Gasteiger partial charge in [0.05, 0.1) is 12.1 Å². The van der Waals surface area contributed by atoms with Crippen LogP contribution in [0.25, 0.3) is 11.4 Å². The number of hydrogen-bond donors (Lipinski definition) is 1. The van der Waals surface area contributed by atoms with Crippen LogP contribution in [0.3, 0.4) is 0 Å². The Balaban J connectivity index is 1.74. The molecule has 1 aliphatic heterocycles. The van der Waals surface area contributed by atoms with Crippen molar-refractivity contribution in [1.29, 1.82) is 0 Å². The molecule has 2 aromatic rings. The Labute approximate surface area is 129 Å². The van der Waals surface area contributed by atoms with Gasteiger partial charge in [0.25, 0.3) is 0 Å². The summed E-state index contributed by atoms with van der Waals surface area (Å²) in [6.07, 6.45) is 6.04. The second kappa shape index (κ2) is 6.39. The highest BCUT2D eigenvalue weighted by Gasteiger charge is 2.26. The molecule has 112 valence electrons. The predicted octanol–water partition coefficient (Wildman–Crippen LogP) is 2.14. The number of amides is 1. The summed E-state index contributed by atoms with van der Waals surface area (Å²) in [6, 6.07) is 7.75. The highest BCUT2D eigenvalue weighted by molar-refractivity contribution is 5.77. The van der Waals surface area contributed by atoms with Crippen molar-refractivity contribution in [2.24, 2.45) is 0 Å². The summed E-state index contributed by atoms with van der Waals surface area (Å²) in [6.45, 7) is 4.03. The Bertz CT molecular complexity index is 686. The second-order valence-corrected chi connectivity index (χ2v) is 5.11. The molecule has 0 aliphatic carbocycles. The van der Waals surface area contributed by atoms with E-state index in [0.717, 1.165) is 23.3 Å². The van der Waals surface area contributed by atoms with E-state index in [1.165, 1.54) is 0 Å². The van der Waals surface area contributed by atoms with Gasteiger partial charge in [-0.25, -0.2) is 9.97 Å². The van der Waals surface area contributed by atoms with Gasteiger partial charge in [-0.1, -0.05) is 18.2 Å². The fourth-order valence-corrected chi connectivity index (χ4v) is 2.50. The summed E-state index contributed by atoms with van der Waals surface area (Å²) in [5, 5.41) is 2.85. The number of nitrogens with zero attached hydrogens (tertiary/aromatic N) is 2. The highest BCUT2D eigenvalue weighted by Crippen LogP contribution is 2.37. The quantitative estimate of drug-likeness (QED) is 0.858. The van der Waals surface area contributed by atoms with Crippen LogP contribution in [0.15, 0.2) is 49.3 Å². The molecule has 1 aromatic carbocycles. The molecule has 1 amide bonds. The lowest BCUT2D eigenvalue weighted by atomic mass is 10.1. The SMILES string of the molecule is C=CCC(=O)NC[C@@H]1Cc2cccc(-c3ncccn3)c2O1. The average Bonchev–Trinajstić information content (AvgIpc) is 2.97. The van der Waals surface area contributed by atoms with Crippen LogP contribution in [0.2, 0.25) is 0 Å². The first kappa shape index (κ1) is 14.3. The molecule has 0 saturated heterocycles. The highest BCUT2D eigenvalue weighted by atomic mass is 16.5. The molecule has 0 bridgehead atoms. The Morgan fingerprint density at radius 2 is 2.18 bits per heavy atom. The maximum atomic E-state index is 11.5. The number of para-hydroxylation sites is 1. The minimum absolute atomic E-state index is 0.0406. The van der Waals surface area contributed by atoms with E-state index < -0.39 is 0 Å². The molecule has 1 N–H and O–H groups in total. The number of carbonyl (C=O) groups is 1. The zero-order valence-electron chi connectivity index (χ0n) is 12.2. The van der Waals surface area contributed by atoms with Gasteiger partial charge in [0.15, 0.2) is 5.82 Å². The van der Waals surface area contributed by atoms with Crippen molar-refractivity contribution < 1.29 is 9.53 Å². The zero-order valence-corrected chi connectivity index (χ0v) is 12.2. The fraction of sp³-hybridized carbons (Fsp3) is 0.235. The van der Waals surface area contributed by atoms with Gasteiger partial charge in [0, 0.05) is 25.2 Å². The molecule has 1 aliphatic rings. The largest absolute Gasteiger partial charge is 0.487 e. The van der Waals surface area contributed by atoms with Gasteiger partial charge < -0.3 is 10.1 Å². The Hall–Kier alpha value is -2.69. The lowest BCUT2D eigenvalue weighted by Crippen LogP contribution is -2.34. The summed E-state index contributed by atoms with van der Waals surface area (Å²) in [7, 11) is 0. The number of carbonyl (C=O) groups excluding carboxylic acids is 1. The Morgan fingerprint density at radius 3 is 2.95 bits per heavy atom. The van der Waals surface area contributed by atoms with E-state index in [-0.39, 0.29) is 12.0 Å². The molecule has 5 nitrogen and oxygen atoms in total. The molecular formula is C17H17N3O2. The number of hydrogen-bond acceptors (Lipinski definition) is 4. The summed E-state index contributed by atoms with van der Waals surface area (Å²) in [4.78, 5) is 20.1.